The Balaban J connectivity index is 1.50. The third-order valence-electron chi connectivity index (χ3n) is 5.26. The predicted octanol–water partition coefficient (Wildman–Crippen LogP) is 5.39. The normalized spacial score (nSPS) is 10.5. The number of para-hydroxylation sites is 1. The van der Waals surface area contributed by atoms with Crippen molar-refractivity contribution < 1.29 is 14.4 Å². The lowest BCUT2D eigenvalue weighted by Crippen LogP contribution is -2.30. The van der Waals surface area contributed by atoms with Crippen LogP contribution in [0.25, 0.3) is 0 Å². The maximum absolute atomic E-state index is 12.9. The molecule has 35 heavy (non-hydrogen) atoms. The van der Waals surface area contributed by atoms with Crippen molar-refractivity contribution in [3.8, 4) is 0 Å². The van der Waals surface area contributed by atoms with Gasteiger partial charge in [-0.3, -0.25) is 14.4 Å². The maximum Gasteiger partial charge on any atom is 0.258 e. The topological polar surface area (TPSA) is 90.5 Å². The molecule has 0 bridgehead atoms. The van der Waals surface area contributed by atoms with E-state index in [0.29, 0.717) is 35.8 Å². The van der Waals surface area contributed by atoms with E-state index in [9.17, 15) is 14.4 Å². The molecule has 0 fully saturated rings. The van der Waals surface area contributed by atoms with Crippen LogP contribution < -0.4 is 20.9 Å². The predicted molar refractivity (Wildman–Crippen MR) is 142 cm³/mol. The third-order valence-corrected chi connectivity index (χ3v) is 5.26. The summed E-state index contributed by atoms with van der Waals surface area (Å²) in [6.07, 6.45) is 0.471. The van der Waals surface area contributed by atoms with Crippen LogP contribution >= 0.6 is 0 Å². The minimum absolute atomic E-state index is 0.0183. The van der Waals surface area contributed by atoms with Crippen LogP contribution in [0.3, 0.4) is 0 Å². The van der Waals surface area contributed by atoms with Crippen LogP contribution in [0, 0.1) is 5.92 Å². The maximum atomic E-state index is 12.9. The number of rotatable bonds is 10. The van der Waals surface area contributed by atoms with E-state index in [2.05, 4.69) is 16.0 Å². The van der Waals surface area contributed by atoms with E-state index in [1.807, 2.05) is 63.2 Å². The minimum atomic E-state index is -0.210. The lowest BCUT2D eigenvalue weighted by Gasteiger charge is -2.21. The Bertz CT molecular complexity index is 1130. The number of amides is 3. The van der Waals surface area contributed by atoms with Crippen molar-refractivity contribution in [3.63, 3.8) is 0 Å². The molecule has 0 saturated heterocycles. The summed E-state index contributed by atoms with van der Waals surface area (Å²) in [5, 5.41) is 8.74. The molecule has 0 unspecified atom stereocenters. The molecule has 0 atom stereocenters. The molecule has 3 aromatic rings. The van der Waals surface area contributed by atoms with Gasteiger partial charge in [0.25, 0.3) is 5.91 Å². The SMILES string of the molecule is CCN(C(=O)c1ccc(NC(=O)CNc2ccc(NC(=O)CC(C)C)cc2)cc1)c1ccccc1. The van der Waals surface area contributed by atoms with E-state index in [0.717, 1.165) is 11.4 Å². The van der Waals surface area contributed by atoms with E-state index in [-0.39, 0.29) is 24.3 Å². The summed E-state index contributed by atoms with van der Waals surface area (Å²) in [6.45, 7) is 6.56. The molecule has 3 rings (SSSR count). The number of carbonyl (C=O) groups excluding carboxylic acids is 3. The van der Waals surface area contributed by atoms with Gasteiger partial charge in [-0.2, -0.15) is 0 Å². The average Bonchev–Trinajstić information content (AvgIpc) is 2.84. The van der Waals surface area contributed by atoms with Crippen LogP contribution in [0.5, 0.6) is 0 Å². The fourth-order valence-electron chi connectivity index (χ4n) is 3.55. The molecule has 7 nitrogen and oxygen atoms in total. The Labute approximate surface area is 206 Å². The summed E-state index contributed by atoms with van der Waals surface area (Å²) in [5.41, 5.74) is 3.49. The molecule has 0 aliphatic rings. The highest BCUT2D eigenvalue weighted by Gasteiger charge is 2.16. The molecule has 182 valence electrons. The summed E-state index contributed by atoms with van der Waals surface area (Å²) in [4.78, 5) is 38.8. The number of hydrogen-bond acceptors (Lipinski definition) is 4. The van der Waals surface area contributed by atoms with Gasteiger partial charge in [0.1, 0.15) is 0 Å². The number of benzene rings is 3. The van der Waals surface area contributed by atoms with Crippen molar-refractivity contribution in [2.24, 2.45) is 5.92 Å². The van der Waals surface area contributed by atoms with Gasteiger partial charge in [0.2, 0.25) is 11.8 Å². The van der Waals surface area contributed by atoms with E-state index >= 15 is 0 Å². The van der Waals surface area contributed by atoms with Crippen LogP contribution in [-0.4, -0.2) is 30.8 Å². The lowest BCUT2D eigenvalue weighted by atomic mass is 10.1. The lowest BCUT2D eigenvalue weighted by molar-refractivity contribution is -0.117. The standard InChI is InChI=1S/C28H32N4O3/c1-4-32(25-8-6-5-7-9-25)28(35)21-10-12-23(13-11-21)31-27(34)19-29-22-14-16-24(17-15-22)30-26(33)18-20(2)3/h5-17,20,29H,4,18-19H2,1-3H3,(H,30,33)(H,31,34). The molecular formula is C28H32N4O3. The Hall–Kier alpha value is -4.13. The molecule has 0 aromatic heterocycles. The van der Waals surface area contributed by atoms with Crippen molar-refractivity contribution in [2.75, 3.05) is 33.9 Å². The van der Waals surface area contributed by atoms with E-state index in [4.69, 9.17) is 0 Å². The highest BCUT2D eigenvalue weighted by atomic mass is 16.2. The Morgan fingerprint density at radius 1 is 0.743 bits per heavy atom. The van der Waals surface area contributed by atoms with Crippen molar-refractivity contribution in [3.05, 3.63) is 84.4 Å². The van der Waals surface area contributed by atoms with Gasteiger partial charge in [0.05, 0.1) is 6.54 Å². The van der Waals surface area contributed by atoms with Crippen LogP contribution in [0.1, 0.15) is 37.6 Å². The van der Waals surface area contributed by atoms with Crippen molar-refractivity contribution in [2.45, 2.75) is 27.2 Å². The van der Waals surface area contributed by atoms with Gasteiger partial charge in [0.15, 0.2) is 0 Å². The van der Waals surface area contributed by atoms with Crippen LogP contribution in [0.4, 0.5) is 22.7 Å². The summed E-state index contributed by atoms with van der Waals surface area (Å²) in [7, 11) is 0. The van der Waals surface area contributed by atoms with Gasteiger partial charge in [-0.1, -0.05) is 32.0 Å². The average molecular weight is 473 g/mol. The summed E-state index contributed by atoms with van der Waals surface area (Å²) in [5.74, 6) is -0.0262. The number of hydrogen-bond donors (Lipinski definition) is 3. The van der Waals surface area contributed by atoms with Crippen LogP contribution in [0.15, 0.2) is 78.9 Å². The molecule has 7 heteroatoms. The zero-order chi connectivity index (χ0) is 25.2. The number of nitrogens with one attached hydrogen (secondary N) is 3. The fourth-order valence-corrected chi connectivity index (χ4v) is 3.55. The number of nitrogens with zero attached hydrogens (tertiary/aromatic N) is 1. The van der Waals surface area contributed by atoms with Crippen LogP contribution in [-0.2, 0) is 9.59 Å². The quantitative estimate of drug-likeness (QED) is 0.369. The number of anilines is 4. The van der Waals surface area contributed by atoms with Crippen LogP contribution in [0.2, 0.25) is 0 Å². The molecule has 0 aliphatic carbocycles. The highest BCUT2D eigenvalue weighted by molar-refractivity contribution is 6.06. The summed E-state index contributed by atoms with van der Waals surface area (Å²) >= 11 is 0. The molecular weight excluding hydrogens is 440 g/mol. The second kappa shape index (κ2) is 12.4. The minimum Gasteiger partial charge on any atom is -0.376 e. The van der Waals surface area contributed by atoms with Gasteiger partial charge in [-0.15, -0.1) is 0 Å². The first kappa shape index (κ1) is 25.5. The largest absolute Gasteiger partial charge is 0.376 e. The third kappa shape index (κ3) is 7.71. The molecule has 0 aliphatic heterocycles. The highest BCUT2D eigenvalue weighted by Crippen LogP contribution is 2.18. The molecule has 0 saturated carbocycles. The first-order valence-corrected chi connectivity index (χ1v) is 11.8. The van der Waals surface area contributed by atoms with Gasteiger partial charge in [-0.05, 0) is 73.5 Å². The second-order valence-corrected chi connectivity index (χ2v) is 8.59. The van der Waals surface area contributed by atoms with E-state index in [1.165, 1.54) is 0 Å². The first-order chi connectivity index (χ1) is 16.9. The molecule has 3 N–H and O–H groups in total. The van der Waals surface area contributed by atoms with E-state index < -0.39 is 0 Å². The number of carbonyl (C=O) groups is 3. The van der Waals surface area contributed by atoms with Gasteiger partial charge < -0.3 is 20.9 Å². The van der Waals surface area contributed by atoms with Crippen molar-refractivity contribution >= 4 is 40.5 Å². The second-order valence-electron chi connectivity index (χ2n) is 8.59. The summed E-state index contributed by atoms with van der Waals surface area (Å²) in [6, 6.07) is 23.6. The zero-order valence-electron chi connectivity index (χ0n) is 20.4. The molecule has 3 aromatic carbocycles. The van der Waals surface area contributed by atoms with Gasteiger partial charge in [-0.25, -0.2) is 0 Å². The van der Waals surface area contributed by atoms with Crippen molar-refractivity contribution in [1.29, 1.82) is 0 Å². The fraction of sp³-hybridized carbons (Fsp3) is 0.250. The molecule has 0 radical (unpaired) electrons. The first-order valence-electron chi connectivity index (χ1n) is 11.8. The summed E-state index contributed by atoms with van der Waals surface area (Å²) < 4.78 is 0. The molecule has 3 amide bonds. The van der Waals surface area contributed by atoms with Gasteiger partial charge in [0, 0.05) is 41.3 Å². The Morgan fingerprint density at radius 3 is 1.86 bits per heavy atom. The smallest absolute Gasteiger partial charge is 0.258 e. The molecule has 0 heterocycles. The Kier molecular flexibility index (Phi) is 9.01. The van der Waals surface area contributed by atoms with Gasteiger partial charge >= 0.3 is 0 Å². The van der Waals surface area contributed by atoms with Crippen molar-refractivity contribution in [1.82, 2.24) is 0 Å². The monoisotopic (exact) mass is 472 g/mol. The molecule has 0 spiro atoms. The zero-order valence-corrected chi connectivity index (χ0v) is 20.4. The Morgan fingerprint density at radius 2 is 1.29 bits per heavy atom. The van der Waals surface area contributed by atoms with E-state index in [1.54, 1.807) is 41.3 Å².